The Hall–Kier alpha value is -1.48. The molecule has 19 heavy (non-hydrogen) atoms. The maximum atomic E-state index is 5.23. The molecule has 0 spiro atoms. The Balaban J connectivity index is 2.05. The summed E-state index contributed by atoms with van der Waals surface area (Å²) < 4.78 is 6.27. The molecule has 0 aliphatic rings. The molecule has 2 rings (SSSR count). The van der Waals surface area contributed by atoms with Crippen LogP contribution in [0.15, 0.2) is 46.9 Å². The van der Waals surface area contributed by atoms with Crippen LogP contribution in [0.5, 0.6) is 5.75 Å². The van der Waals surface area contributed by atoms with Crippen LogP contribution in [0.2, 0.25) is 0 Å². The molecule has 0 saturated heterocycles. The Bertz CT molecular complexity index is 537. The summed E-state index contributed by atoms with van der Waals surface area (Å²) in [6, 6.07) is 14.6. The predicted molar refractivity (Wildman–Crippen MR) is 83.8 cm³/mol. The molecule has 2 aromatic rings. The smallest absolute Gasteiger partial charge is 0.121 e. The van der Waals surface area contributed by atoms with Gasteiger partial charge in [-0.25, -0.2) is 0 Å². The van der Waals surface area contributed by atoms with Gasteiger partial charge in [0.2, 0.25) is 0 Å². The number of hydrogen-bond acceptors (Lipinski definition) is 2. The molecular formula is C16H18BrNO. The first-order valence-corrected chi connectivity index (χ1v) is 7.17. The predicted octanol–water partition coefficient (Wildman–Crippen LogP) is 4.63. The van der Waals surface area contributed by atoms with E-state index in [1.54, 1.807) is 7.11 Å². The van der Waals surface area contributed by atoms with Gasteiger partial charge in [-0.05, 0) is 45.6 Å². The summed E-state index contributed by atoms with van der Waals surface area (Å²) in [4.78, 5) is 0. The van der Waals surface area contributed by atoms with Gasteiger partial charge in [-0.1, -0.05) is 31.2 Å². The largest absolute Gasteiger partial charge is 0.497 e. The van der Waals surface area contributed by atoms with E-state index in [1.807, 2.05) is 18.2 Å². The zero-order chi connectivity index (χ0) is 13.7. The van der Waals surface area contributed by atoms with Crippen LogP contribution in [0.1, 0.15) is 18.1 Å². The van der Waals surface area contributed by atoms with Gasteiger partial charge in [-0.3, -0.25) is 0 Å². The summed E-state index contributed by atoms with van der Waals surface area (Å²) >= 11 is 3.54. The highest BCUT2D eigenvalue weighted by Crippen LogP contribution is 2.27. The van der Waals surface area contributed by atoms with E-state index in [4.69, 9.17) is 4.74 Å². The highest BCUT2D eigenvalue weighted by atomic mass is 79.9. The molecule has 2 nitrogen and oxygen atoms in total. The molecule has 3 heteroatoms. The summed E-state index contributed by atoms with van der Waals surface area (Å²) in [6.07, 6.45) is 1.08. The van der Waals surface area contributed by atoms with E-state index in [0.717, 1.165) is 28.9 Å². The zero-order valence-corrected chi connectivity index (χ0v) is 12.8. The average Bonchev–Trinajstić information content (AvgIpc) is 2.47. The number of nitrogens with one attached hydrogen (secondary N) is 1. The first-order valence-electron chi connectivity index (χ1n) is 6.38. The molecule has 0 bridgehead atoms. The van der Waals surface area contributed by atoms with Gasteiger partial charge < -0.3 is 10.1 Å². The van der Waals surface area contributed by atoms with Crippen LogP contribution in [0, 0.1) is 0 Å². The topological polar surface area (TPSA) is 21.3 Å². The number of hydrogen-bond donors (Lipinski definition) is 1. The number of rotatable bonds is 5. The normalized spacial score (nSPS) is 10.3. The molecule has 0 amide bonds. The van der Waals surface area contributed by atoms with Crippen molar-refractivity contribution in [1.29, 1.82) is 0 Å². The Morgan fingerprint density at radius 1 is 1.05 bits per heavy atom. The highest BCUT2D eigenvalue weighted by Gasteiger charge is 2.02. The van der Waals surface area contributed by atoms with Crippen molar-refractivity contribution >= 4 is 21.6 Å². The lowest BCUT2D eigenvalue weighted by Gasteiger charge is -2.10. The fourth-order valence-electron chi connectivity index (χ4n) is 1.86. The van der Waals surface area contributed by atoms with E-state index in [0.29, 0.717) is 0 Å². The molecular weight excluding hydrogens is 302 g/mol. The van der Waals surface area contributed by atoms with E-state index in [9.17, 15) is 0 Å². The Labute approximate surface area is 122 Å². The summed E-state index contributed by atoms with van der Waals surface area (Å²) in [7, 11) is 1.68. The Morgan fingerprint density at radius 2 is 1.74 bits per heavy atom. The molecule has 0 saturated carbocycles. The van der Waals surface area contributed by atoms with Crippen molar-refractivity contribution in [3.05, 3.63) is 58.1 Å². The van der Waals surface area contributed by atoms with Crippen molar-refractivity contribution in [2.45, 2.75) is 19.9 Å². The van der Waals surface area contributed by atoms with E-state index in [1.165, 1.54) is 11.1 Å². The van der Waals surface area contributed by atoms with E-state index >= 15 is 0 Å². The first kappa shape index (κ1) is 13.9. The number of benzene rings is 2. The van der Waals surface area contributed by atoms with Crippen molar-refractivity contribution in [1.82, 2.24) is 0 Å². The first-order chi connectivity index (χ1) is 9.22. The monoisotopic (exact) mass is 319 g/mol. The van der Waals surface area contributed by atoms with Crippen LogP contribution in [-0.2, 0) is 13.0 Å². The Kier molecular flexibility index (Phi) is 4.86. The SMILES string of the molecule is CCc1ccc(CNc2cc(OC)ccc2Br)cc1. The number of ether oxygens (including phenoxy) is 1. The molecule has 0 heterocycles. The number of methoxy groups -OCH3 is 1. The fraction of sp³-hybridized carbons (Fsp3) is 0.250. The molecule has 2 aromatic carbocycles. The van der Waals surface area contributed by atoms with Gasteiger partial charge in [0.25, 0.3) is 0 Å². The van der Waals surface area contributed by atoms with Crippen molar-refractivity contribution < 1.29 is 4.74 Å². The van der Waals surface area contributed by atoms with Gasteiger partial charge in [-0.15, -0.1) is 0 Å². The Morgan fingerprint density at radius 3 is 2.37 bits per heavy atom. The third kappa shape index (κ3) is 3.74. The summed E-state index contributed by atoms with van der Waals surface area (Å²) in [5.41, 5.74) is 3.68. The summed E-state index contributed by atoms with van der Waals surface area (Å²) in [5.74, 6) is 0.854. The quantitative estimate of drug-likeness (QED) is 0.867. The van der Waals surface area contributed by atoms with Crippen molar-refractivity contribution in [3.63, 3.8) is 0 Å². The van der Waals surface area contributed by atoms with Crippen LogP contribution >= 0.6 is 15.9 Å². The highest BCUT2D eigenvalue weighted by molar-refractivity contribution is 9.10. The maximum Gasteiger partial charge on any atom is 0.121 e. The molecule has 0 aliphatic heterocycles. The number of anilines is 1. The van der Waals surface area contributed by atoms with E-state index < -0.39 is 0 Å². The van der Waals surface area contributed by atoms with Crippen molar-refractivity contribution in [2.24, 2.45) is 0 Å². The summed E-state index contributed by atoms with van der Waals surface area (Å²) in [6.45, 7) is 2.97. The van der Waals surface area contributed by atoms with Crippen LogP contribution in [0.4, 0.5) is 5.69 Å². The van der Waals surface area contributed by atoms with Crippen LogP contribution in [-0.4, -0.2) is 7.11 Å². The minimum absolute atomic E-state index is 0.801. The second-order valence-corrected chi connectivity index (χ2v) is 5.22. The molecule has 1 N–H and O–H groups in total. The third-order valence-electron chi connectivity index (χ3n) is 3.09. The number of halogens is 1. The zero-order valence-electron chi connectivity index (χ0n) is 11.2. The molecule has 0 atom stereocenters. The lowest BCUT2D eigenvalue weighted by molar-refractivity contribution is 0.415. The standard InChI is InChI=1S/C16H18BrNO/c1-3-12-4-6-13(7-5-12)11-18-16-10-14(19-2)8-9-15(16)17/h4-10,18H,3,11H2,1-2H3. The minimum atomic E-state index is 0.801. The molecule has 0 aromatic heterocycles. The van der Waals surface area contributed by atoms with Gasteiger partial charge in [0.1, 0.15) is 5.75 Å². The van der Waals surface area contributed by atoms with E-state index in [2.05, 4.69) is 52.4 Å². The molecule has 0 unspecified atom stereocenters. The second kappa shape index (κ2) is 6.62. The third-order valence-corrected chi connectivity index (χ3v) is 3.78. The number of aryl methyl sites for hydroxylation is 1. The minimum Gasteiger partial charge on any atom is -0.497 e. The molecule has 0 fully saturated rings. The van der Waals surface area contributed by atoms with E-state index in [-0.39, 0.29) is 0 Å². The van der Waals surface area contributed by atoms with Crippen molar-refractivity contribution in [3.8, 4) is 5.75 Å². The van der Waals surface area contributed by atoms with Gasteiger partial charge in [0.05, 0.1) is 12.8 Å². The molecule has 100 valence electrons. The van der Waals surface area contributed by atoms with Gasteiger partial charge >= 0.3 is 0 Å². The lowest BCUT2D eigenvalue weighted by Crippen LogP contribution is -2.00. The van der Waals surface area contributed by atoms with Crippen LogP contribution in [0.25, 0.3) is 0 Å². The van der Waals surface area contributed by atoms with Gasteiger partial charge in [-0.2, -0.15) is 0 Å². The van der Waals surface area contributed by atoms with Gasteiger partial charge in [0.15, 0.2) is 0 Å². The lowest BCUT2D eigenvalue weighted by atomic mass is 10.1. The van der Waals surface area contributed by atoms with Crippen LogP contribution < -0.4 is 10.1 Å². The average molecular weight is 320 g/mol. The van der Waals surface area contributed by atoms with Crippen molar-refractivity contribution in [2.75, 3.05) is 12.4 Å². The van der Waals surface area contributed by atoms with Gasteiger partial charge in [0, 0.05) is 17.1 Å². The summed E-state index contributed by atoms with van der Waals surface area (Å²) in [5, 5.41) is 3.41. The molecule has 0 aliphatic carbocycles. The second-order valence-electron chi connectivity index (χ2n) is 4.37. The maximum absolute atomic E-state index is 5.23. The molecule has 0 radical (unpaired) electrons. The van der Waals surface area contributed by atoms with Crippen LogP contribution in [0.3, 0.4) is 0 Å². The fourth-order valence-corrected chi connectivity index (χ4v) is 2.24.